The highest BCUT2D eigenvalue weighted by molar-refractivity contribution is 5.59. The summed E-state index contributed by atoms with van der Waals surface area (Å²) in [6, 6.07) is 8.14. The molecule has 0 saturated carbocycles. The fourth-order valence-electron chi connectivity index (χ4n) is 3.30. The van der Waals surface area contributed by atoms with Crippen molar-refractivity contribution < 1.29 is 14.8 Å². The molecule has 134 valence electrons. The van der Waals surface area contributed by atoms with E-state index in [0.717, 1.165) is 31.7 Å². The molecule has 0 aliphatic carbocycles. The van der Waals surface area contributed by atoms with Gasteiger partial charge in [-0.2, -0.15) is 0 Å². The molecule has 1 aromatic carbocycles. The van der Waals surface area contributed by atoms with E-state index in [1.54, 1.807) is 0 Å². The fourth-order valence-corrected chi connectivity index (χ4v) is 3.30. The number of likely N-dealkylation sites (tertiary alicyclic amines) is 1. The number of aliphatic hydroxyl groups is 1. The van der Waals surface area contributed by atoms with E-state index in [1.807, 2.05) is 25.1 Å². The monoisotopic (exact) mass is 333 g/mol. The van der Waals surface area contributed by atoms with E-state index in [-0.39, 0.29) is 12.2 Å². The van der Waals surface area contributed by atoms with Crippen LogP contribution in [0.3, 0.4) is 0 Å². The van der Waals surface area contributed by atoms with Gasteiger partial charge in [0.2, 0.25) is 5.69 Å². The molecule has 24 heavy (non-hydrogen) atoms. The van der Waals surface area contributed by atoms with Crippen LogP contribution in [0.2, 0.25) is 0 Å². The number of aliphatic hydroxyl groups excluding tert-OH is 1. The van der Waals surface area contributed by atoms with Gasteiger partial charge in [-0.1, -0.05) is 44.4 Å². The first-order valence-electron chi connectivity index (χ1n) is 9.49. The SMILES string of the molecule is CCCCCc1ccccc1[NH+]=C(O)O[C@@H](C)CN1CCCCC1. The van der Waals surface area contributed by atoms with Crippen LogP contribution in [-0.2, 0) is 11.2 Å². The number of rotatable bonds is 8. The maximum Gasteiger partial charge on any atom is 0.551 e. The third kappa shape index (κ3) is 6.52. The van der Waals surface area contributed by atoms with Crippen LogP contribution >= 0.6 is 0 Å². The molecule has 1 aromatic rings. The largest absolute Gasteiger partial charge is 0.551 e. The van der Waals surface area contributed by atoms with E-state index in [1.165, 1.54) is 44.1 Å². The predicted molar refractivity (Wildman–Crippen MR) is 98.8 cm³/mol. The van der Waals surface area contributed by atoms with Crippen LogP contribution in [0.4, 0.5) is 5.69 Å². The molecule has 4 nitrogen and oxygen atoms in total. The third-order valence-electron chi connectivity index (χ3n) is 4.59. The normalized spacial score (nSPS) is 17.7. The molecule has 0 amide bonds. The van der Waals surface area contributed by atoms with Gasteiger partial charge in [0.25, 0.3) is 0 Å². The lowest BCUT2D eigenvalue weighted by atomic mass is 10.1. The zero-order valence-electron chi connectivity index (χ0n) is 15.3. The Kier molecular flexibility index (Phi) is 8.10. The summed E-state index contributed by atoms with van der Waals surface area (Å²) in [6.07, 6.45) is 8.38. The number of benzene rings is 1. The second kappa shape index (κ2) is 10.3. The highest BCUT2D eigenvalue weighted by Crippen LogP contribution is 2.13. The van der Waals surface area contributed by atoms with Crippen molar-refractivity contribution in [1.82, 2.24) is 4.90 Å². The topological polar surface area (TPSA) is 46.7 Å². The molecule has 1 aliphatic heterocycles. The zero-order valence-corrected chi connectivity index (χ0v) is 15.3. The quantitative estimate of drug-likeness (QED) is 0.437. The Hall–Kier alpha value is -1.55. The first-order valence-corrected chi connectivity index (χ1v) is 9.49. The van der Waals surface area contributed by atoms with Crippen molar-refractivity contribution in [1.29, 1.82) is 0 Å². The summed E-state index contributed by atoms with van der Waals surface area (Å²) in [6.45, 7) is 7.37. The molecule has 0 aromatic heterocycles. The van der Waals surface area contributed by atoms with Crippen molar-refractivity contribution >= 4 is 11.8 Å². The number of unbranched alkanes of at least 4 members (excludes halogenated alkanes) is 2. The van der Waals surface area contributed by atoms with Gasteiger partial charge in [-0.3, -0.25) is 4.90 Å². The van der Waals surface area contributed by atoms with E-state index < -0.39 is 0 Å². The Morgan fingerprint density at radius 3 is 2.71 bits per heavy atom. The molecule has 1 aliphatic rings. The highest BCUT2D eigenvalue weighted by Gasteiger charge is 2.18. The van der Waals surface area contributed by atoms with Gasteiger partial charge in [0.1, 0.15) is 6.10 Å². The van der Waals surface area contributed by atoms with Crippen LogP contribution in [0.15, 0.2) is 24.3 Å². The van der Waals surface area contributed by atoms with Crippen molar-refractivity contribution in [3.8, 4) is 0 Å². The van der Waals surface area contributed by atoms with E-state index in [2.05, 4.69) is 22.9 Å². The molecule has 0 unspecified atom stereocenters. The summed E-state index contributed by atoms with van der Waals surface area (Å²) in [5.74, 6) is 0. The van der Waals surface area contributed by atoms with Gasteiger partial charge in [0.05, 0.1) is 0 Å². The van der Waals surface area contributed by atoms with Crippen molar-refractivity contribution in [3.63, 3.8) is 0 Å². The third-order valence-corrected chi connectivity index (χ3v) is 4.59. The number of nitrogens with one attached hydrogen (secondary N) is 1. The summed E-state index contributed by atoms with van der Waals surface area (Å²) >= 11 is 0. The lowest BCUT2D eigenvalue weighted by Gasteiger charge is -2.28. The maximum absolute atomic E-state index is 10.2. The summed E-state index contributed by atoms with van der Waals surface area (Å²) < 4.78 is 5.66. The van der Waals surface area contributed by atoms with E-state index in [9.17, 15) is 5.11 Å². The molecule has 0 bridgehead atoms. The Labute approximate surface area is 146 Å². The highest BCUT2D eigenvalue weighted by atomic mass is 16.6. The number of hydrogen-bond acceptors (Lipinski definition) is 2. The number of para-hydroxylation sites is 1. The predicted octanol–water partition coefficient (Wildman–Crippen LogP) is 2.94. The molecule has 0 radical (unpaired) electrons. The van der Waals surface area contributed by atoms with Gasteiger partial charge < -0.3 is 9.84 Å². The van der Waals surface area contributed by atoms with Crippen LogP contribution in [-0.4, -0.2) is 41.8 Å². The lowest BCUT2D eigenvalue weighted by molar-refractivity contribution is -0.384. The minimum Gasteiger partial charge on any atom is -0.430 e. The average molecular weight is 333 g/mol. The van der Waals surface area contributed by atoms with Gasteiger partial charge in [0, 0.05) is 18.2 Å². The molecule has 2 rings (SSSR count). The van der Waals surface area contributed by atoms with Crippen LogP contribution in [0.25, 0.3) is 0 Å². The molecular formula is C20H33N2O2+. The standard InChI is InChI=1S/C20H32N2O2/c1-3-4-6-11-18-12-7-8-13-19(18)21-20(23)24-17(2)16-22-14-9-5-10-15-22/h7-8,12-13,17H,3-6,9-11,14-16H2,1-2H3,(H,21,23)/p+1/t17-/m0/s1. The van der Waals surface area contributed by atoms with Crippen molar-refractivity contribution in [2.24, 2.45) is 0 Å². The van der Waals surface area contributed by atoms with Gasteiger partial charge in [-0.25, -0.2) is 0 Å². The molecule has 1 saturated heterocycles. The first kappa shape index (κ1) is 18.8. The smallest absolute Gasteiger partial charge is 0.430 e. The number of nitrogens with zero attached hydrogens (tertiary/aromatic N) is 1. The van der Waals surface area contributed by atoms with Gasteiger partial charge in [-0.05, 0) is 45.7 Å². The van der Waals surface area contributed by atoms with Gasteiger partial charge in [0.15, 0.2) is 0 Å². The minimum absolute atomic E-state index is 0.0251. The van der Waals surface area contributed by atoms with E-state index in [0.29, 0.717) is 0 Å². The lowest BCUT2D eigenvalue weighted by Crippen LogP contribution is -2.68. The number of piperidine rings is 1. The number of hydrogen-bond donors (Lipinski definition) is 2. The Morgan fingerprint density at radius 2 is 1.96 bits per heavy atom. The van der Waals surface area contributed by atoms with E-state index in [4.69, 9.17) is 4.74 Å². The molecule has 1 fully saturated rings. The molecule has 1 atom stereocenters. The van der Waals surface area contributed by atoms with Crippen molar-refractivity contribution in [2.75, 3.05) is 19.6 Å². The summed E-state index contributed by atoms with van der Waals surface area (Å²) in [7, 11) is 0. The molecule has 1 heterocycles. The fraction of sp³-hybridized carbons (Fsp3) is 0.650. The Morgan fingerprint density at radius 1 is 1.21 bits per heavy atom. The minimum atomic E-state index is -0.0950. The maximum atomic E-state index is 10.2. The number of aryl methyl sites for hydroxylation is 1. The molecule has 2 N–H and O–H groups in total. The number of ether oxygens (including phenoxy) is 1. The van der Waals surface area contributed by atoms with E-state index >= 15 is 0 Å². The summed E-state index contributed by atoms with van der Waals surface area (Å²) in [5.41, 5.74) is 2.17. The second-order valence-corrected chi connectivity index (χ2v) is 6.83. The van der Waals surface area contributed by atoms with Crippen LogP contribution in [0, 0.1) is 0 Å². The van der Waals surface area contributed by atoms with Gasteiger partial charge in [-0.15, -0.1) is 4.99 Å². The Bertz CT molecular complexity index is 510. The average Bonchev–Trinajstić information content (AvgIpc) is 2.57. The molecular weight excluding hydrogens is 300 g/mol. The summed E-state index contributed by atoms with van der Waals surface area (Å²) in [5, 5.41) is 10.2. The van der Waals surface area contributed by atoms with Crippen LogP contribution in [0.5, 0.6) is 0 Å². The van der Waals surface area contributed by atoms with Gasteiger partial charge >= 0.3 is 6.08 Å². The second-order valence-electron chi connectivity index (χ2n) is 6.83. The van der Waals surface area contributed by atoms with Crippen molar-refractivity contribution in [2.45, 2.75) is 64.9 Å². The Balaban J connectivity index is 1.89. The molecule has 4 heteroatoms. The van der Waals surface area contributed by atoms with Crippen molar-refractivity contribution in [3.05, 3.63) is 29.8 Å². The zero-order chi connectivity index (χ0) is 17.2. The summed E-state index contributed by atoms with van der Waals surface area (Å²) in [4.78, 5) is 5.45. The van der Waals surface area contributed by atoms with Crippen LogP contribution < -0.4 is 4.99 Å². The van der Waals surface area contributed by atoms with Crippen LogP contribution in [0.1, 0.15) is 57.9 Å². The molecule has 0 spiro atoms. The first-order chi connectivity index (χ1) is 11.7.